The number of anilines is 1. The van der Waals surface area contributed by atoms with Gasteiger partial charge in [-0.3, -0.25) is 0 Å². The van der Waals surface area contributed by atoms with Crippen molar-refractivity contribution < 1.29 is 13.2 Å². The molecule has 5 nitrogen and oxygen atoms in total. The van der Waals surface area contributed by atoms with E-state index in [4.69, 9.17) is 11.6 Å². The van der Waals surface area contributed by atoms with Crippen molar-refractivity contribution >= 4 is 43.9 Å². The zero-order valence-corrected chi connectivity index (χ0v) is 17.8. The van der Waals surface area contributed by atoms with Gasteiger partial charge in [-0.05, 0) is 12.1 Å². The molecule has 2 aromatic heterocycles. The van der Waals surface area contributed by atoms with Crippen LogP contribution in [0.1, 0.15) is 0 Å². The van der Waals surface area contributed by atoms with Gasteiger partial charge < -0.3 is 4.90 Å². The fourth-order valence-corrected chi connectivity index (χ4v) is 5.90. The van der Waals surface area contributed by atoms with Gasteiger partial charge in [-0.1, -0.05) is 24.7 Å². The molecule has 0 N–H and O–H groups in total. The van der Waals surface area contributed by atoms with Gasteiger partial charge in [0.25, 0.3) is 5.78 Å². The van der Waals surface area contributed by atoms with Gasteiger partial charge in [0.1, 0.15) is 28.4 Å². The minimum absolute atomic E-state index is 0.0313. The summed E-state index contributed by atoms with van der Waals surface area (Å²) in [5.41, 5.74) is -0.405. The monoisotopic (exact) mass is 443 g/mol. The van der Waals surface area contributed by atoms with Gasteiger partial charge in [-0.2, -0.15) is 14.5 Å². The van der Waals surface area contributed by atoms with E-state index in [9.17, 15) is 13.2 Å². The van der Waals surface area contributed by atoms with E-state index in [1.165, 1.54) is 4.52 Å². The Hall–Kier alpha value is -1.78. The summed E-state index contributed by atoms with van der Waals surface area (Å²) in [5, 5.41) is 4.26. The first-order valence-corrected chi connectivity index (χ1v) is 13.0. The van der Waals surface area contributed by atoms with E-state index < -0.39 is 31.1 Å². The third kappa shape index (κ3) is 3.37. The molecule has 1 saturated heterocycles. The normalized spacial score (nSPS) is 16.8. The molecule has 0 bridgehead atoms. The maximum Gasteiger partial charge on any atom is 0.256 e. The number of aromatic nitrogens is 4. The Kier molecular flexibility index (Phi) is 4.83. The Morgan fingerprint density at radius 1 is 1.04 bits per heavy atom. The third-order valence-corrected chi connectivity index (χ3v) is 8.70. The van der Waals surface area contributed by atoms with Crippen molar-refractivity contribution in [1.29, 1.82) is 0 Å². The number of thiol groups is 1. The number of hydrogen-bond donors (Lipinski definition) is 1. The highest BCUT2D eigenvalue weighted by atomic mass is 35.5. The molecule has 28 heavy (non-hydrogen) atoms. The summed E-state index contributed by atoms with van der Waals surface area (Å²) in [6.45, 7) is 5.99. The van der Waals surface area contributed by atoms with E-state index in [1.54, 1.807) is 0 Å². The molecule has 1 aliphatic rings. The molecule has 0 aliphatic carbocycles. The minimum Gasteiger partial charge on any atom is -0.356 e. The number of hydrogen-bond acceptors (Lipinski definition) is 5. The van der Waals surface area contributed by atoms with Gasteiger partial charge in [0, 0.05) is 25.2 Å². The van der Waals surface area contributed by atoms with Crippen molar-refractivity contribution in [1.82, 2.24) is 19.6 Å². The van der Waals surface area contributed by atoms with E-state index in [1.807, 2.05) is 4.90 Å². The van der Waals surface area contributed by atoms with Crippen LogP contribution < -0.4 is 4.90 Å². The van der Waals surface area contributed by atoms with E-state index in [0.29, 0.717) is 31.0 Å². The second kappa shape index (κ2) is 6.92. The van der Waals surface area contributed by atoms with E-state index in [2.05, 4.69) is 40.8 Å². The summed E-state index contributed by atoms with van der Waals surface area (Å²) in [6.07, 6.45) is 0. The quantitative estimate of drug-likeness (QED) is 0.355. The molecule has 1 fully saturated rings. The largest absolute Gasteiger partial charge is 0.356 e. The third-order valence-electron chi connectivity index (χ3n) is 5.08. The molecular formula is C17H17ClF3N5SSi. The molecule has 0 spiro atoms. The van der Waals surface area contributed by atoms with Gasteiger partial charge in [0.05, 0.1) is 19.2 Å². The highest BCUT2D eigenvalue weighted by Crippen LogP contribution is 2.41. The van der Waals surface area contributed by atoms with Crippen LogP contribution in [0.2, 0.25) is 30.3 Å². The minimum atomic E-state index is -1.32. The zero-order valence-electron chi connectivity index (χ0n) is 15.2. The summed E-state index contributed by atoms with van der Waals surface area (Å²) >= 11 is 10.5. The van der Waals surface area contributed by atoms with Crippen LogP contribution in [-0.4, -0.2) is 40.7 Å². The Labute approximate surface area is 171 Å². The number of benzene rings is 1. The lowest BCUT2D eigenvalue weighted by Crippen LogP contribution is -2.43. The smallest absolute Gasteiger partial charge is 0.256 e. The van der Waals surface area contributed by atoms with Crippen LogP contribution in [0.5, 0.6) is 0 Å². The second-order valence-electron chi connectivity index (χ2n) is 7.62. The molecule has 11 heteroatoms. The van der Waals surface area contributed by atoms with Gasteiger partial charge in [0.2, 0.25) is 5.16 Å². The van der Waals surface area contributed by atoms with Gasteiger partial charge in [-0.25, -0.2) is 13.2 Å². The van der Waals surface area contributed by atoms with Crippen LogP contribution in [0.25, 0.3) is 16.9 Å². The van der Waals surface area contributed by atoms with E-state index in [-0.39, 0.29) is 21.7 Å². The molecule has 0 radical (unpaired) electrons. The Balaban J connectivity index is 2.00. The highest BCUT2D eigenvalue weighted by molar-refractivity contribution is 7.80. The predicted octanol–water partition coefficient (Wildman–Crippen LogP) is 4.68. The Bertz CT molecular complexity index is 1060. The van der Waals surface area contributed by atoms with Crippen molar-refractivity contribution in [2.24, 2.45) is 0 Å². The highest BCUT2D eigenvalue weighted by Gasteiger charge is 2.32. The molecule has 0 atom stereocenters. The summed E-state index contributed by atoms with van der Waals surface area (Å²) in [7, 11) is -1.32. The maximum absolute atomic E-state index is 14.6. The number of halogens is 4. The molecule has 1 aromatic carbocycles. The van der Waals surface area contributed by atoms with Crippen molar-refractivity contribution in [3.05, 3.63) is 34.7 Å². The van der Waals surface area contributed by atoms with Crippen LogP contribution in [0.15, 0.2) is 17.3 Å². The summed E-state index contributed by atoms with van der Waals surface area (Å²) in [6, 6.07) is 3.26. The Morgan fingerprint density at radius 2 is 1.64 bits per heavy atom. The SMILES string of the molecule is C[Si]1(C)CCN(c2c(-c3c(F)cc(F)cc3F)c(Cl)nc3nc(S)nn23)CC1. The first kappa shape index (κ1) is 19.5. The average Bonchev–Trinajstić information content (AvgIpc) is 2.94. The summed E-state index contributed by atoms with van der Waals surface area (Å²) in [5.74, 6) is -2.55. The van der Waals surface area contributed by atoms with Crippen LogP contribution in [0.3, 0.4) is 0 Å². The van der Waals surface area contributed by atoms with Crippen LogP contribution in [0, 0.1) is 17.5 Å². The molecular weight excluding hydrogens is 427 g/mol. The number of rotatable bonds is 2. The lowest BCUT2D eigenvalue weighted by atomic mass is 10.1. The molecule has 0 unspecified atom stereocenters. The molecule has 148 valence electrons. The standard InChI is InChI=1S/C17H17ClF3N5SSi/c1-28(2)5-3-25(4-6-28)15-13(12-10(20)7-9(19)8-11(12)21)14(18)22-16-23-17(27)24-26(15)16/h7-8H,3-6H2,1-2H3,(H,24,27). The van der Waals surface area contributed by atoms with E-state index in [0.717, 1.165) is 12.1 Å². The fourth-order valence-electron chi connectivity index (χ4n) is 3.46. The molecule has 1 aliphatic heterocycles. The maximum atomic E-state index is 14.6. The molecule has 3 aromatic rings. The van der Waals surface area contributed by atoms with Gasteiger partial charge in [-0.15, -0.1) is 17.7 Å². The van der Waals surface area contributed by atoms with Gasteiger partial charge >= 0.3 is 0 Å². The Morgan fingerprint density at radius 3 is 2.25 bits per heavy atom. The van der Waals surface area contributed by atoms with Crippen LogP contribution >= 0.6 is 24.2 Å². The first-order valence-electron chi connectivity index (χ1n) is 8.71. The number of nitrogens with zero attached hydrogens (tertiary/aromatic N) is 5. The van der Waals surface area contributed by atoms with Gasteiger partial charge in [0.15, 0.2) is 0 Å². The number of fused-ring (bicyclic) bond motifs is 1. The summed E-state index contributed by atoms with van der Waals surface area (Å²) in [4.78, 5) is 10.2. The predicted molar refractivity (Wildman–Crippen MR) is 108 cm³/mol. The fraction of sp³-hybridized carbons (Fsp3) is 0.353. The lowest BCUT2D eigenvalue weighted by molar-refractivity contribution is 0.547. The topological polar surface area (TPSA) is 46.3 Å². The van der Waals surface area contributed by atoms with E-state index >= 15 is 0 Å². The lowest BCUT2D eigenvalue weighted by Gasteiger charge is -2.37. The molecule has 0 saturated carbocycles. The molecule has 0 amide bonds. The zero-order chi connectivity index (χ0) is 20.2. The van der Waals surface area contributed by atoms with Crippen LogP contribution in [0.4, 0.5) is 19.0 Å². The molecule has 4 rings (SSSR count). The molecule has 3 heterocycles. The van der Waals surface area contributed by atoms with Crippen LogP contribution in [-0.2, 0) is 0 Å². The average molecular weight is 444 g/mol. The van der Waals surface area contributed by atoms with Crippen molar-refractivity contribution in [2.45, 2.75) is 30.3 Å². The first-order chi connectivity index (χ1) is 13.2. The van der Waals surface area contributed by atoms with Crippen molar-refractivity contribution in [2.75, 3.05) is 18.0 Å². The van der Waals surface area contributed by atoms with Crippen molar-refractivity contribution in [3.8, 4) is 11.1 Å². The second-order valence-corrected chi connectivity index (χ2v) is 13.7. The summed E-state index contributed by atoms with van der Waals surface area (Å²) < 4.78 is 44.1. The van der Waals surface area contributed by atoms with Crippen molar-refractivity contribution in [3.63, 3.8) is 0 Å².